The standard InChI is InChI=1S/C17H22N6O/c24-16(21-15-4-1-6-18-14-15)5-11-22-9-3-10-23(13-12-22)17-19-7-2-8-20-17/h1-2,4,6-8,14H,3,5,9-13H2,(H,21,24). The maximum Gasteiger partial charge on any atom is 0.225 e. The third kappa shape index (κ3) is 4.73. The van der Waals surface area contributed by atoms with Crippen LogP contribution in [0.4, 0.5) is 11.6 Å². The van der Waals surface area contributed by atoms with Crippen LogP contribution in [0.25, 0.3) is 0 Å². The minimum Gasteiger partial charge on any atom is -0.339 e. The Kier molecular flexibility index (Phi) is 5.68. The molecule has 0 atom stereocenters. The number of rotatable bonds is 5. The van der Waals surface area contributed by atoms with Crippen LogP contribution >= 0.6 is 0 Å². The molecule has 0 bridgehead atoms. The number of anilines is 2. The molecule has 0 aliphatic carbocycles. The van der Waals surface area contributed by atoms with Crippen LogP contribution in [0.1, 0.15) is 12.8 Å². The van der Waals surface area contributed by atoms with Crippen molar-refractivity contribution in [3.8, 4) is 0 Å². The molecule has 0 unspecified atom stereocenters. The Balaban J connectivity index is 1.44. The highest BCUT2D eigenvalue weighted by Gasteiger charge is 2.17. The third-order valence-electron chi connectivity index (χ3n) is 4.02. The molecule has 2 aromatic heterocycles. The molecule has 1 saturated heterocycles. The summed E-state index contributed by atoms with van der Waals surface area (Å²) in [5, 5.41) is 2.87. The summed E-state index contributed by atoms with van der Waals surface area (Å²) in [4.78, 5) is 29.2. The summed E-state index contributed by atoms with van der Waals surface area (Å²) in [6, 6.07) is 5.48. The van der Waals surface area contributed by atoms with Crippen LogP contribution in [0.3, 0.4) is 0 Å². The van der Waals surface area contributed by atoms with Crippen molar-refractivity contribution in [1.29, 1.82) is 0 Å². The highest BCUT2D eigenvalue weighted by molar-refractivity contribution is 5.90. The minimum absolute atomic E-state index is 0.0236. The van der Waals surface area contributed by atoms with E-state index in [0.29, 0.717) is 6.42 Å². The molecule has 0 saturated carbocycles. The van der Waals surface area contributed by atoms with Gasteiger partial charge in [0.05, 0.1) is 11.9 Å². The first-order valence-corrected chi connectivity index (χ1v) is 8.25. The summed E-state index contributed by atoms with van der Waals surface area (Å²) in [5.74, 6) is 0.809. The van der Waals surface area contributed by atoms with Crippen LogP contribution in [0.2, 0.25) is 0 Å². The van der Waals surface area contributed by atoms with Gasteiger partial charge in [-0.05, 0) is 31.2 Å². The number of carbonyl (C=O) groups is 1. The Morgan fingerprint density at radius 2 is 1.96 bits per heavy atom. The Bertz CT molecular complexity index is 636. The summed E-state index contributed by atoms with van der Waals surface area (Å²) >= 11 is 0. The Morgan fingerprint density at radius 1 is 1.08 bits per heavy atom. The van der Waals surface area contributed by atoms with Crippen molar-refractivity contribution in [2.45, 2.75) is 12.8 Å². The predicted molar refractivity (Wildman–Crippen MR) is 92.8 cm³/mol. The second-order valence-corrected chi connectivity index (χ2v) is 5.77. The summed E-state index contributed by atoms with van der Waals surface area (Å²) in [6.45, 7) is 4.49. The zero-order valence-corrected chi connectivity index (χ0v) is 13.6. The van der Waals surface area contributed by atoms with E-state index in [9.17, 15) is 4.79 Å². The topological polar surface area (TPSA) is 74.2 Å². The van der Waals surface area contributed by atoms with Gasteiger partial charge in [0, 0.05) is 51.2 Å². The van der Waals surface area contributed by atoms with Crippen molar-refractivity contribution >= 4 is 17.5 Å². The van der Waals surface area contributed by atoms with Crippen LogP contribution in [0.5, 0.6) is 0 Å². The Labute approximate surface area is 141 Å². The lowest BCUT2D eigenvalue weighted by atomic mass is 10.3. The van der Waals surface area contributed by atoms with Gasteiger partial charge in [-0.15, -0.1) is 0 Å². The maximum atomic E-state index is 12.0. The Hall–Kier alpha value is -2.54. The van der Waals surface area contributed by atoms with Gasteiger partial charge in [0.1, 0.15) is 0 Å². The second-order valence-electron chi connectivity index (χ2n) is 5.77. The quantitative estimate of drug-likeness (QED) is 0.895. The highest BCUT2D eigenvalue weighted by atomic mass is 16.1. The molecule has 2 aromatic rings. The molecule has 0 spiro atoms. The van der Waals surface area contributed by atoms with Gasteiger partial charge in [0.25, 0.3) is 0 Å². The number of carbonyl (C=O) groups excluding carboxylic acids is 1. The number of hydrogen-bond donors (Lipinski definition) is 1. The second kappa shape index (κ2) is 8.35. The number of nitrogens with zero attached hydrogens (tertiary/aromatic N) is 5. The number of aromatic nitrogens is 3. The van der Waals surface area contributed by atoms with E-state index in [-0.39, 0.29) is 5.91 Å². The smallest absolute Gasteiger partial charge is 0.225 e. The first kappa shape index (κ1) is 16.3. The van der Waals surface area contributed by atoms with E-state index in [1.54, 1.807) is 24.8 Å². The predicted octanol–water partition coefficient (Wildman–Crippen LogP) is 1.41. The van der Waals surface area contributed by atoms with Gasteiger partial charge < -0.3 is 15.1 Å². The molecule has 3 heterocycles. The zero-order valence-electron chi connectivity index (χ0n) is 13.6. The van der Waals surface area contributed by atoms with E-state index in [1.165, 1.54) is 0 Å². The molecular weight excluding hydrogens is 304 g/mol. The van der Waals surface area contributed by atoms with E-state index in [2.05, 4.69) is 30.1 Å². The molecule has 0 aromatic carbocycles. The van der Waals surface area contributed by atoms with E-state index >= 15 is 0 Å². The monoisotopic (exact) mass is 326 g/mol. The molecule has 3 rings (SSSR count). The van der Waals surface area contributed by atoms with Crippen LogP contribution in [-0.4, -0.2) is 58.5 Å². The maximum absolute atomic E-state index is 12.0. The van der Waals surface area contributed by atoms with Gasteiger partial charge in [-0.2, -0.15) is 0 Å². The lowest BCUT2D eigenvalue weighted by Crippen LogP contribution is -2.33. The van der Waals surface area contributed by atoms with E-state index in [4.69, 9.17) is 0 Å². The van der Waals surface area contributed by atoms with E-state index in [1.807, 2.05) is 18.2 Å². The molecule has 1 N–H and O–H groups in total. The van der Waals surface area contributed by atoms with Gasteiger partial charge in [0.2, 0.25) is 11.9 Å². The highest BCUT2D eigenvalue weighted by Crippen LogP contribution is 2.11. The molecule has 1 amide bonds. The number of amides is 1. The van der Waals surface area contributed by atoms with Crippen LogP contribution in [0.15, 0.2) is 43.0 Å². The fourth-order valence-corrected chi connectivity index (χ4v) is 2.77. The number of hydrogen-bond acceptors (Lipinski definition) is 6. The molecular formula is C17H22N6O. The SMILES string of the molecule is O=C(CCN1CCCN(c2ncccn2)CC1)Nc1cccnc1. The van der Waals surface area contributed by atoms with Crippen LogP contribution in [0, 0.1) is 0 Å². The first-order chi connectivity index (χ1) is 11.8. The minimum atomic E-state index is 0.0236. The fourth-order valence-electron chi connectivity index (χ4n) is 2.77. The van der Waals surface area contributed by atoms with E-state index < -0.39 is 0 Å². The van der Waals surface area contributed by atoms with Gasteiger partial charge in [-0.1, -0.05) is 0 Å². The first-order valence-electron chi connectivity index (χ1n) is 8.25. The average Bonchev–Trinajstić information content (AvgIpc) is 2.87. The largest absolute Gasteiger partial charge is 0.339 e. The van der Waals surface area contributed by atoms with Gasteiger partial charge in [-0.25, -0.2) is 9.97 Å². The van der Waals surface area contributed by atoms with Crippen molar-refractivity contribution in [2.75, 3.05) is 42.9 Å². The van der Waals surface area contributed by atoms with Gasteiger partial charge in [-0.3, -0.25) is 9.78 Å². The van der Waals surface area contributed by atoms with Crippen molar-refractivity contribution in [1.82, 2.24) is 19.9 Å². The average molecular weight is 326 g/mol. The van der Waals surface area contributed by atoms with Crippen molar-refractivity contribution in [2.24, 2.45) is 0 Å². The molecule has 7 nitrogen and oxygen atoms in total. The zero-order chi connectivity index (χ0) is 16.6. The number of nitrogens with one attached hydrogen (secondary N) is 1. The molecule has 1 fully saturated rings. The molecule has 1 aliphatic heterocycles. The Morgan fingerprint density at radius 3 is 2.75 bits per heavy atom. The third-order valence-corrected chi connectivity index (χ3v) is 4.02. The molecule has 0 radical (unpaired) electrons. The van der Waals surface area contributed by atoms with Crippen molar-refractivity contribution in [3.05, 3.63) is 43.0 Å². The summed E-state index contributed by atoms with van der Waals surface area (Å²) in [7, 11) is 0. The molecule has 24 heavy (non-hydrogen) atoms. The van der Waals surface area contributed by atoms with Gasteiger partial charge in [0.15, 0.2) is 0 Å². The van der Waals surface area contributed by atoms with Crippen LogP contribution in [-0.2, 0) is 4.79 Å². The number of pyridine rings is 1. The van der Waals surface area contributed by atoms with Gasteiger partial charge >= 0.3 is 0 Å². The molecule has 1 aliphatic rings. The fraction of sp³-hybridized carbons (Fsp3) is 0.412. The lowest BCUT2D eigenvalue weighted by Gasteiger charge is -2.21. The van der Waals surface area contributed by atoms with E-state index in [0.717, 1.165) is 50.8 Å². The summed E-state index contributed by atoms with van der Waals surface area (Å²) < 4.78 is 0. The van der Waals surface area contributed by atoms with Crippen molar-refractivity contribution < 1.29 is 4.79 Å². The summed E-state index contributed by atoms with van der Waals surface area (Å²) in [6.07, 6.45) is 8.41. The lowest BCUT2D eigenvalue weighted by molar-refractivity contribution is -0.116. The summed E-state index contributed by atoms with van der Waals surface area (Å²) in [5.41, 5.74) is 0.741. The molecule has 126 valence electrons. The van der Waals surface area contributed by atoms with Crippen LogP contribution < -0.4 is 10.2 Å². The normalized spacial score (nSPS) is 15.8. The van der Waals surface area contributed by atoms with Crippen molar-refractivity contribution in [3.63, 3.8) is 0 Å². The molecule has 7 heteroatoms.